The lowest BCUT2D eigenvalue weighted by molar-refractivity contribution is 0.650. The molecule has 82 valence electrons. The summed E-state index contributed by atoms with van der Waals surface area (Å²) in [6.07, 6.45) is 15.5. The van der Waals surface area contributed by atoms with E-state index in [0.717, 1.165) is 0 Å². The zero-order valence-corrected chi connectivity index (χ0v) is 11.3. The fourth-order valence-corrected chi connectivity index (χ4v) is 4.30. The maximum atomic E-state index is 2.47. The Bertz CT molecular complexity index is 116. The third-order valence-corrected chi connectivity index (χ3v) is 5.56. The van der Waals surface area contributed by atoms with Crippen molar-refractivity contribution in [3.05, 3.63) is 12.0 Å². The van der Waals surface area contributed by atoms with E-state index in [1.807, 2.05) is 5.54 Å². The van der Waals surface area contributed by atoms with Crippen molar-refractivity contribution in [2.75, 3.05) is 0 Å². The molecule has 1 rings (SSSR count). The normalized spacial score (nSPS) is 19.5. The van der Waals surface area contributed by atoms with E-state index < -0.39 is 0 Å². The largest absolute Gasteiger partial charge is 0.0654 e. The van der Waals surface area contributed by atoms with Crippen LogP contribution >= 0.6 is 0 Å². The Labute approximate surface area is 92.7 Å². The lowest BCUT2D eigenvalue weighted by atomic mass is 10.0. The van der Waals surface area contributed by atoms with Gasteiger partial charge in [-0.25, -0.2) is 0 Å². The number of rotatable bonds is 7. The van der Waals surface area contributed by atoms with Crippen LogP contribution in [-0.4, -0.2) is 9.52 Å². The van der Waals surface area contributed by atoms with Gasteiger partial charge < -0.3 is 0 Å². The summed E-state index contributed by atoms with van der Waals surface area (Å²) in [6, 6.07) is 1.60. The van der Waals surface area contributed by atoms with Gasteiger partial charge in [0, 0.05) is 9.52 Å². The molecular weight excluding hydrogens is 184 g/mol. The van der Waals surface area contributed by atoms with Gasteiger partial charge in [-0.2, -0.15) is 0 Å². The summed E-state index contributed by atoms with van der Waals surface area (Å²) < 4.78 is 0. The Morgan fingerprint density at radius 2 is 1.79 bits per heavy atom. The van der Waals surface area contributed by atoms with Crippen molar-refractivity contribution in [3.63, 3.8) is 0 Å². The van der Waals surface area contributed by atoms with Crippen LogP contribution in [-0.2, 0) is 0 Å². The van der Waals surface area contributed by atoms with Gasteiger partial charge in [0.05, 0.1) is 0 Å². The second-order valence-electron chi connectivity index (χ2n) is 4.63. The van der Waals surface area contributed by atoms with Gasteiger partial charge in [-0.3, -0.25) is 0 Å². The van der Waals surface area contributed by atoms with Crippen LogP contribution in [0, 0.1) is 12.0 Å². The van der Waals surface area contributed by atoms with Gasteiger partial charge in [0.15, 0.2) is 0 Å². The first-order chi connectivity index (χ1) is 6.93. The van der Waals surface area contributed by atoms with Gasteiger partial charge in [-0.15, -0.1) is 0 Å². The van der Waals surface area contributed by atoms with Crippen LogP contribution in [0.2, 0.25) is 6.04 Å². The smallest absolute Gasteiger partial charge is 0.0274 e. The molecule has 0 aromatic carbocycles. The second kappa shape index (κ2) is 8.52. The minimum absolute atomic E-state index is 0.228. The summed E-state index contributed by atoms with van der Waals surface area (Å²) in [4.78, 5) is 0. The van der Waals surface area contributed by atoms with Crippen LogP contribution in [0.25, 0.3) is 0 Å². The van der Waals surface area contributed by atoms with E-state index in [1.165, 1.54) is 57.8 Å². The van der Waals surface area contributed by atoms with Crippen molar-refractivity contribution in [2.45, 2.75) is 70.8 Å². The fourth-order valence-electron chi connectivity index (χ4n) is 2.29. The first kappa shape index (κ1) is 12.3. The molecule has 0 aromatic heterocycles. The molecule has 0 unspecified atom stereocenters. The maximum absolute atomic E-state index is 2.47. The van der Waals surface area contributed by atoms with Crippen LogP contribution in [0.5, 0.6) is 0 Å². The Morgan fingerprint density at radius 3 is 2.50 bits per heavy atom. The molecule has 0 aromatic rings. The van der Waals surface area contributed by atoms with Crippen LogP contribution in [0.4, 0.5) is 0 Å². The molecule has 0 bridgehead atoms. The lowest BCUT2D eigenvalue weighted by Crippen LogP contribution is -2.11. The molecule has 0 amide bonds. The van der Waals surface area contributed by atoms with Crippen molar-refractivity contribution in [2.24, 2.45) is 0 Å². The minimum atomic E-state index is 0.228. The van der Waals surface area contributed by atoms with Crippen molar-refractivity contribution < 1.29 is 0 Å². The highest BCUT2D eigenvalue weighted by Crippen LogP contribution is 2.25. The Balaban J connectivity index is 1.82. The minimum Gasteiger partial charge on any atom is -0.0654 e. The van der Waals surface area contributed by atoms with E-state index >= 15 is 0 Å². The van der Waals surface area contributed by atoms with Crippen molar-refractivity contribution in [1.82, 2.24) is 0 Å². The predicted octanol–water partition coefficient (Wildman–Crippen LogP) is 3.85. The van der Waals surface area contributed by atoms with Gasteiger partial charge in [-0.05, 0) is 24.8 Å². The Morgan fingerprint density at radius 1 is 1.07 bits per heavy atom. The van der Waals surface area contributed by atoms with E-state index in [4.69, 9.17) is 0 Å². The molecule has 1 saturated carbocycles. The summed E-state index contributed by atoms with van der Waals surface area (Å²) in [6.45, 7) is 2.29. The molecule has 0 saturated heterocycles. The standard InChI is InChI=1S/C13H26Si/c1-2-3-4-5-9-12-14-13-10-7-6-8-11-13/h6H,2-5,7-12,14H2,1H3. The predicted molar refractivity (Wildman–Crippen MR) is 68.1 cm³/mol. The zero-order valence-electron chi connectivity index (χ0n) is 9.86. The third-order valence-electron chi connectivity index (χ3n) is 3.29. The molecule has 0 spiro atoms. The van der Waals surface area contributed by atoms with Crippen molar-refractivity contribution in [1.29, 1.82) is 0 Å². The number of hydrogen-bond acceptors (Lipinski definition) is 0. The quantitative estimate of drug-likeness (QED) is 0.442. The van der Waals surface area contributed by atoms with Gasteiger partial charge in [-0.1, -0.05) is 57.9 Å². The summed E-state index contributed by atoms with van der Waals surface area (Å²) in [7, 11) is 0.228. The van der Waals surface area contributed by atoms with Crippen molar-refractivity contribution >= 4 is 9.52 Å². The first-order valence-electron chi connectivity index (χ1n) is 6.58. The molecule has 0 heterocycles. The second-order valence-corrected chi connectivity index (χ2v) is 6.84. The van der Waals surface area contributed by atoms with Gasteiger partial charge in [0.25, 0.3) is 0 Å². The number of hydrogen-bond donors (Lipinski definition) is 0. The molecule has 0 N–H and O–H groups in total. The summed E-state index contributed by atoms with van der Waals surface area (Å²) in [5.74, 6) is 0. The summed E-state index contributed by atoms with van der Waals surface area (Å²) >= 11 is 0. The maximum Gasteiger partial charge on any atom is 0.0274 e. The molecule has 0 atom stereocenters. The molecule has 1 aliphatic carbocycles. The number of unbranched alkanes of at least 4 members (excludes halogenated alkanes) is 4. The molecule has 1 heteroatoms. The van der Waals surface area contributed by atoms with E-state index in [0.29, 0.717) is 0 Å². The van der Waals surface area contributed by atoms with Crippen LogP contribution in [0.15, 0.2) is 0 Å². The van der Waals surface area contributed by atoms with Crippen molar-refractivity contribution in [3.8, 4) is 0 Å². The topological polar surface area (TPSA) is 0 Å². The molecule has 1 aliphatic rings. The molecule has 1 fully saturated rings. The molecule has 0 aliphatic heterocycles. The van der Waals surface area contributed by atoms with Gasteiger partial charge in [0.2, 0.25) is 0 Å². The molecule has 14 heavy (non-hydrogen) atoms. The lowest BCUT2D eigenvalue weighted by Gasteiger charge is -2.20. The van der Waals surface area contributed by atoms with Gasteiger partial charge in [0.1, 0.15) is 0 Å². The van der Waals surface area contributed by atoms with Gasteiger partial charge >= 0.3 is 0 Å². The monoisotopic (exact) mass is 210 g/mol. The molecule has 2 radical (unpaired) electrons. The van der Waals surface area contributed by atoms with Crippen LogP contribution in [0.1, 0.15) is 64.7 Å². The SMILES string of the molecule is CCCCCCC[SiH2][C]1CC[CH]CC1. The highest BCUT2D eigenvalue weighted by molar-refractivity contribution is 6.43. The van der Waals surface area contributed by atoms with E-state index in [-0.39, 0.29) is 9.52 Å². The Hall–Kier alpha value is 0.217. The summed E-state index contributed by atoms with van der Waals surface area (Å²) in [5, 5.41) is 0. The van der Waals surface area contributed by atoms with E-state index in [1.54, 1.807) is 6.04 Å². The van der Waals surface area contributed by atoms with E-state index in [9.17, 15) is 0 Å². The average Bonchev–Trinajstić information content (AvgIpc) is 2.25. The first-order valence-corrected chi connectivity index (χ1v) is 8.29. The average molecular weight is 210 g/mol. The Kier molecular flexibility index (Phi) is 7.48. The van der Waals surface area contributed by atoms with Crippen LogP contribution < -0.4 is 0 Å². The fraction of sp³-hybridized carbons (Fsp3) is 0.846. The zero-order chi connectivity index (χ0) is 10.1. The van der Waals surface area contributed by atoms with E-state index in [2.05, 4.69) is 13.3 Å². The van der Waals surface area contributed by atoms with Crippen LogP contribution in [0.3, 0.4) is 0 Å². The highest BCUT2D eigenvalue weighted by Gasteiger charge is 2.13. The highest BCUT2D eigenvalue weighted by atomic mass is 28.2. The molecule has 0 nitrogen and oxygen atoms in total. The summed E-state index contributed by atoms with van der Waals surface area (Å²) in [5.41, 5.74) is 1.99. The third kappa shape index (κ3) is 5.84. The molecular formula is C13H26Si.